The molecule has 0 saturated heterocycles. The fourth-order valence-corrected chi connectivity index (χ4v) is 1.14. The lowest BCUT2D eigenvalue weighted by Gasteiger charge is -2.07. The normalized spacial score (nSPS) is 9.74. The highest BCUT2D eigenvalue weighted by Crippen LogP contribution is 1.78. The van der Waals surface area contributed by atoms with E-state index in [-0.39, 0.29) is 18.4 Å². The van der Waals surface area contributed by atoms with Gasteiger partial charge >= 0.3 is 0 Å². The molecule has 7 nitrogen and oxygen atoms in total. The van der Waals surface area contributed by atoms with Crippen LogP contribution in [0.2, 0.25) is 0 Å². The number of rotatable bonds is 12. The van der Waals surface area contributed by atoms with Gasteiger partial charge in [-0.25, -0.2) is 0 Å². The minimum Gasteiger partial charge on any atom is -0.492 e. The Morgan fingerprint density at radius 2 is 1.74 bits per heavy atom. The van der Waals surface area contributed by atoms with Gasteiger partial charge in [0.15, 0.2) is 6.61 Å². The third kappa shape index (κ3) is 12.6. The number of hydrogen-bond donors (Lipinski definition) is 3. The molecule has 0 saturated carbocycles. The number of carbonyl (C=O) groups excluding carboxylic acids is 2. The molecule has 19 heavy (non-hydrogen) atoms. The fraction of sp³-hybridized carbons (Fsp3) is 0.667. The van der Waals surface area contributed by atoms with Gasteiger partial charge in [0.2, 0.25) is 5.91 Å². The van der Waals surface area contributed by atoms with Gasteiger partial charge in [0.25, 0.3) is 5.91 Å². The van der Waals surface area contributed by atoms with Crippen LogP contribution in [0.3, 0.4) is 0 Å². The summed E-state index contributed by atoms with van der Waals surface area (Å²) in [5.41, 5.74) is 0. The molecule has 0 unspecified atom stereocenters. The molecule has 3 N–H and O–H groups in total. The molecule has 0 spiro atoms. The summed E-state index contributed by atoms with van der Waals surface area (Å²) in [4.78, 5) is 22.3. The van der Waals surface area contributed by atoms with E-state index in [0.717, 1.165) is 0 Å². The number of ether oxygens (including phenoxy) is 2. The Balaban J connectivity index is 3.24. The van der Waals surface area contributed by atoms with Crippen LogP contribution in [0, 0.1) is 0 Å². The summed E-state index contributed by atoms with van der Waals surface area (Å²) in [7, 11) is 1.80. The maximum absolute atomic E-state index is 11.2. The number of amides is 2. The molecule has 0 heterocycles. The van der Waals surface area contributed by atoms with Gasteiger partial charge in [0.1, 0.15) is 0 Å². The van der Waals surface area contributed by atoms with Crippen LogP contribution in [0.5, 0.6) is 0 Å². The molecule has 0 radical (unpaired) electrons. The molecule has 7 heteroatoms. The van der Waals surface area contributed by atoms with Crippen molar-refractivity contribution in [3.8, 4) is 0 Å². The third-order valence-corrected chi connectivity index (χ3v) is 2.07. The first-order valence-electron chi connectivity index (χ1n) is 6.19. The average Bonchev–Trinajstić information content (AvgIpc) is 2.41. The van der Waals surface area contributed by atoms with Gasteiger partial charge in [-0.1, -0.05) is 6.58 Å². The number of nitrogens with one attached hydrogen (secondary N) is 3. The van der Waals surface area contributed by atoms with Crippen LogP contribution < -0.4 is 16.0 Å². The summed E-state index contributed by atoms with van der Waals surface area (Å²) < 4.78 is 9.95. The van der Waals surface area contributed by atoms with E-state index < -0.39 is 0 Å². The zero-order valence-electron chi connectivity index (χ0n) is 11.4. The molecule has 0 atom stereocenters. The van der Waals surface area contributed by atoms with Gasteiger partial charge in [-0.3, -0.25) is 9.59 Å². The third-order valence-electron chi connectivity index (χ3n) is 2.07. The van der Waals surface area contributed by atoms with Crippen molar-refractivity contribution in [1.82, 2.24) is 16.0 Å². The monoisotopic (exact) mass is 273 g/mol. The molecule has 0 aliphatic rings. The van der Waals surface area contributed by atoms with E-state index in [2.05, 4.69) is 22.5 Å². The predicted octanol–water partition coefficient (Wildman–Crippen LogP) is -0.995. The van der Waals surface area contributed by atoms with Crippen molar-refractivity contribution < 1.29 is 19.1 Å². The van der Waals surface area contributed by atoms with Crippen molar-refractivity contribution in [3.63, 3.8) is 0 Å². The van der Waals surface area contributed by atoms with E-state index in [1.54, 1.807) is 7.05 Å². The van der Waals surface area contributed by atoms with Gasteiger partial charge in [0.05, 0.1) is 19.5 Å². The van der Waals surface area contributed by atoms with Crippen molar-refractivity contribution in [1.29, 1.82) is 0 Å². The molecule has 0 aliphatic carbocycles. The lowest BCUT2D eigenvalue weighted by atomic mass is 10.4. The maximum atomic E-state index is 11.2. The van der Waals surface area contributed by atoms with Gasteiger partial charge in [-0.2, -0.15) is 0 Å². The smallest absolute Gasteiger partial charge is 0.257 e. The Morgan fingerprint density at radius 1 is 1.11 bits per heavy atom. The summed E-state index contributed by atoms with van der Waals surface area (Å²) in [5, 5.41) is 8.23. The van der Waals surface area contributed by atoms with E-state index in [9.17, 15) is 9.59 Å². The molecule has 0 aromatic rings. The molecule has 0 bridgehead atoms. The Labute approximate surface area is 113 Å². The number of hydrogen-bond acceptors (Lipinski definition) is 5. The summed E-state index contributed by atoms with van der Waals surface area (Å²) in [6, 6.07) is 0. The Hall–Kier alpha value is -1.60. The van der Waals surface area contributed by atoms with Crippen LogP contribution in [-0.4, -0.2) is 58.3 Å². The van der Waals surface area contributed by atoms with Crippen LogP contribution >= 0.6 is 0 Å². The van der Waals surface area contributed by atoms with E-state index in [0.29, 0.717) is 39.3 Å². The van der Waals surface area contributed by atoms with Crippen LogP contribution in [0.15, 0.2) is 12.8 Å². The van der Waals surface area contributed by atoms with Gasteiger partial charge < -0.3 is 25.4 Å². The van der Waals surface area contributed by atoms with Crippen molar-refractivity contribution in [2.75, 3.05) is 46.5 Å². The second kappa shape index (κ2) is 12.8. The number of carbonyl (C=O) groups is 2. The highest BCUT2D eigenvalue weighted by molar-refractivity contribution is 5.77. The first-order valence-corrected chi connectivity index (χ1v) is 6.19. The highest BCUT2D eigenvalue weighted by Gasteiger charge is 2.00. The Kier molecular flexibility index (Phi) is 11.8. The van der Waals surface area contributed by atoms with E-state index in [4.69, 9.17) is 9.47 Å². The minimum absolute atomic E-state index is 0.00664. The molecular weight excluding hydrogens is 250 g/mol. The molecule has 0 aliphatic heterocycles. The van der Waals surface area contributed by atoms with Crippen LogP contribution in [-0.2, 0) is 19.1 Å². The SMILES string of the molecule is C=COCC(=O)NCCOCCNC(=O)CCNC. The summed E-state index contributed by atoms with van der Waals surface area (Å²) in [6.45, 7) is 5.65. The van der Waals surface area contributed by atoms with Crippen LogP contribution in [0.25, 0.3) is 0 Å². The maximum Gasteiger partial charge on any atom is 0.257 e. The fourth-order valence-electron chi connectivity index (χ4n) is 1.14. The zero-order chi connectivity index (χ0) is 14.3. The lowest BCUT2D eigenvalue weighted by Crippen LogP contribution is -2.32. The first kappa shape index (κ1) is 17.4. The standard InChI is InChI=1S/C12H23N3O4/c1-3-18-10-12(17)15-7-9-19-8-6-14-11(16)4-5-13-2/h3,13H,1,4-10H2,2H3,(H,14,16)(H,15,17). The quantitative estimate of drug-likeness (QED) is 0.314. The molecule has 0 fully saturated rings. The summed E-state index contributed by atoms with van der Waals surface area (Å²) in [6.07, 6.45) is 1.67. The van der Waals surface area contributed by atoms with Crippen molar-refractivity contribution in [2.24, 2.45) is 0 Å². The highest BCUT2D eigenvalue weighted by atomic mass is 16.5. The van der Waals surface area contributed by atoms with Crippen LogP contribution in [0.4, 0.5) is 0 Å². The first-order chi connectivity index (χ1) is 9.20. The average molecular weight is 273 g/mol. The molecule has 2 amide bonds. The van der Waals surface area contributed by atoms with Crippen molar-refractivity contribution in [2.45, 2.75) is 6.42 Å². The summed E-state index contributed by atoms with van der Waals surface area (Å²) >= 11 is 0. The summed E-state index contributed by atoms with van der Waals surface area (Å²) in [5.74, 6) is -0.225. The van der Waals surface area contributed by atoms with E-state index in [1.807, 2.05) is 0 Å². The molecule has 0 aromatic carbocycles. The second-order valence-corrected chi connectivity index (χ2v) is 3.64. The van der Waals surface area contributed by atoms with Gasteiger partial charge in [-0.15, -0.1) is 0 Å². The predicted molar refractivity (Wildman–Crippen MR) is 71.5 cm³/mol. The molecule has 110 valence electrons. The Bertz CT molecular complexity index is 272. The van der Waals surface area contributed by atoms with Crippen molar-refractivity contribution in [3.05, 3.63) is 12.8 Å². The molecule has 0 rings (SSSR count). The zero-order valence-corrected chi connectivity index (χ0v) is 11.4. The van der Waals surface area contributed by atoms with Crippen molar-refractivity contribution >= 4 is 11.8 Å². The molecular formula is C12H23N3O4. The van der Waals surface area contributed by atoms with E-state index in [1.165, 1.54) is 6.26 Å². The van der Waals surface area contributed by atoms with Gasteiger partial charge in [0, 0.05) is 26.1 Å². The Morgan fingerprint density at radius 3 is 2.32 bits per heavy atom. The minimum atomic E-state index is -0.219. The largest absolute Gasteiger partial charge is 0.492 e. The van der Waals surface area contributed by atoms with E-state index >= 15 is 0 Å². The lowest BCUT2D eigenvalue weighted by molar-refractivity contribution is -0.124. The van der Waals surface area contributed by atoms with Gasteiger partial charge in [-0.05, 0) is 7.05 Å². The van der Waals surface area contributed by atoms with Crippen LogP contribution in [0.1, 0.15) is 6.42 Å². The second-order valence-electron chi connectivity index (χ2n) is 3.64. The molecule has 0 aromatic heterocycles. The topological polar surface area (TPSA) is 88.7 Å².